The Bertz CT molecular complexity index is 430. The molecule has 0 aliphatic carbocycles. The van der Waals surface area contributed by atoms with Gasteiger partial charge in [0.1, 0.15) is 0 Å². The summed E-state index contributed by atoms with van der Waals surface area (Å²) in [6, 6.07) is 8.46. The molecule has 0 spiro atoms. The number of methoxy groups -OCH3 is 1. The van der Waals surface area contributed by atoms with Gasteiger partial charge in [0.05, 0.1) is 6.61 Å². The molecule has 1 aromatic rings. The van der Waals surface area contributed by atoms with E-state index in [4.69, 9.17) is 9.84 Å². The van der Waals surface area contributed by atoms with Crippen molar-refractivity contribution < 1.29 is 14.6 Å². The van der Waals surface area contributed by atoms with Crippen LogP contribution in [0.3, 0.4) is 0 Å². The van der Waals surface area contributed by atoms with Gasteiger partial charge in [-0.25, -0.2) is 0 Å². The smallest absolute Gasteiger partial charge is 0.303 e. The second-order valence-corrected chi connectivity index (χ2v) is 5.59. The van der Waals surface area contributed by atoms with Crippen molar-refractivity contribution in [2.24, 2.45) is 5.92 Å². The van der Waals surface area contributed by atoms with E-state index in [1.165, 1.54) is 11.1 Å². The summed E-state index contributed by atoms with van der Waals surface area (Å²) in [6.07, 6.45) is 2.43. The highest BCUT2D eigenvalue weighted by Gasteiger charge is 2.21. The number of likely N-dealkylation sites (tertiary alicyclic amines) is 1. The predicted octanol–water partition coefficient (Wildman–Crippen LogP) is 2.52. The molecule has 1 saturated heterocycles. The van der Waals surface area contributed by atoms with Gasteiger partial charge in [0.25, 0.3) is 0 Å². The number of aliphatic carboxylic acids is 1. The zero-order chi connectivity index (χ0) is 14.4. The van der Waals surface area contributed by atoms with Gasteiger partial charge in [-0.15, -0.1) is 0 Å². The molecule has 0 amide bonds. The fourth-order valence-electron chi connectivity index (χ4n) is 2.87. The predicted molar refractivity (Wildman–Crippen MR) is 77.4 cm³/mol. The zero-order valence-corrected chi connectivity index (χ0v) is 12.0. The minimum Gasteiger partial charge on any atom is -0.481 e. The third-order valence-electron chi connectivity index (χ3n) is 3.81. The molecule has 1 atom stereocenters. The van der Waals surface area contributed by atoms with Crippen LogP contribution in [-0.2, 0) is 22.7 Å². The Morgan fingerprint density at radius 1 is 1.35 bits per heavy atom. The lowest BCUT2D eigenvalue weighted by atomic mass is 9.94. The molecule has 110 valence electrons. The van der Waals surface area contributed by atoms with Gasteiger partial charge in [-0.3, -0.25) is 9.69 Å². The Morgan fingerprint density at radius 3 is 2.70 bits per heavy atom. The fourth-order valence-corrected chi connectivity index (χ4v) is 2.87. The van der Waals surface area contributed by atoms with E-state index in [2.05, 4.69) is 29.2 Å². The first kappa shape index (κ1) is 15.0. The van der Waals surface area contributed by atoms with Gasteiger partial charge in [0.15, 0.2) is 0 Å². The molecule has 4 heteroatoms. The molecule has 1 unspecified atom stereocenters. The van der Waals surface area contributed by atoms with E-state index in [1.807, 2.05) is 0 Å². The Kier molecular flexibility index (Phi) is 5.56. The zero-order valence-electron chi connectivity index (χ0n) is 12.0. The second kappa shape index (κ2) is 7.41. The van der Waals surface area contributed by atoms with Gasteiger partial charge < -0.3 is 9.84 Å². The highest BCUT2D eigenvalue weighted by Crippen LogP contribution is 2.21. The Labute approximate surface area is 120 Å². The van der Waals surface area contributed by atoms with Crippen molar-refractivity contribution in [3.63, 3.8) is 0 Å². The van der Waals surface area contributed by atoms with Crippen molar-refractivity contribution in [2.75, 3.05) is 20.2 Å². The number of hydrogen-bond acceptors (Lipinski definition) is 3. The van der Waals surface area contributed by atoms with Crippen molar-refractivity contribution in [2.45, 2.75) is 32.4 Å². The average molecular weight is 277 g/mol. The summed E-state index contributed by atoms with van der Waals surface area (Å²) in [5.74, 6) is -0.380. The van der Waals surface area contributed by atoms with Gasteiger partial charge in [0, 0.05) is 26.6 Å². The van der Waals surface area contributed by atoms with Crippen molar-refractivity contribution >= 4 is 5.97 Å². The minimum atomic E-state index is -0.680. The minimum absolute atomic E-state index is 0.295. The van der Waals surface area contributed by atoms with Crippen LogP contribution in [-0.4, -0.2) is 36.2 Å². The Balaban J connectivity index is 1.87. The van der Waals surface area contributed by atoms with E-state index in [1.54, 1.807) is 7.11 Å². The highest BCUT2D eigenvalue weighted by molar-refractivity contribution is 5.67. The van der Waals surface area contributed by atoms with E-state index in [0.717, 1.165) is 32.5 Å². The van der Waals surface area contributed by atoms with Gasteiger partial charge in [0.2, 0.25) is 0 Å². The lowest BCUT2D eigenvalue weighted by Crippen LogP contribution is -2.35. The van der Waals surface area contributed by atoms with Crippen molar-refractivity contribution in [1.29, 1.82) is 0 Å². The fraction of sp³-hybridized carbons (Fsp3) is 0.562. The molecule has 1 fully saturated rings. The number of nitrogens with zero attached hydrogens (tertiary/aromatic N) is 1. The third kappa shape index (κ3) is 4.62. The molecule has 4 nitrogen and oxygen atoms in total. The number of carbonyl (C=O) groups is 1. The van der Waals surface area contributed by atoms with E-state index in [0.29, 0.717) is 18.9 Å². The lowest BCUT2D eigenvalue weighted by Gasteiger charge is -2.32. The molecule has 20 heavy (non-hydrogen) atoms. The molecular weight excluding hydrogens is 254 g/mol. The molecule has 1 aliphatic heterocycles. The van der Waals surface area contributed by atoms with Crippen LogP contribution < -0.4 is 0 Å². The molecule has 1 heterocycles. The van der Waals surface area contributed by atoms with Crippen LogP contribution >= 0.6 is 0 Å². The standard InChI is InChI=1S/C16H23NO3/c1-20-12-14-6-4-13(5-7-14)10-17-8-2-3-15(11-17)9-16(18)19/h4-7,15H,2-3,8-12H2,1H3,(H,18,19). The third-order valence-corrected chi connectivity index (χ3v) is 3.81. The Morgan fingerprint density at radius 2 is 2.05 bits per heavy atom. The second-order valence-electron chi connectivity index (χ2n) is 5.59. The van der Waals surface area contributed by atoms with Crippen LogP contribution in [0, 0.1) is 5.92 Å². The van der Waals surface area contributed by atoms with Crippen LogP contribution in [0.2, 0.25) is 0 Å². The molecule has 1 aromatic carbocycles. The van der Waals surface area contributed by atoms with Gasteiger partial charge in [-0.05, 0) is 36.4 Å². The maximum absolute atomic E-state index is 10.8. The monoisotopic (exact) mass is 277 g/mol. The largest absolute Gasteiger partial charge is 0.481 e. The molecule has 0 radical (unpaired) electrons. The Hall–Kier alpha value is -1.39. The summed E-state index contributed by atoms with van der Waals surface area (Å²) in [4.78, 5) is 13.2. The first-order valence-corrected chi connectivity index (χ1v) is 7.18. The van der Waals surface area contributed by atoms with Crippen LogP contribution in [0.25, 0.3) is 0 Å². The maximum Gasteiger partial charge on any atom is 0.303 e. The van der Waals surface area contributed by atoms with E-state index in [9.17, 15) is 4.79 Å². The van der Waals surface area contributed by atoms with Crippen LogP contribution in [0.4, 0.5) is 0 Å². The summed E-state index contributed by atoms with van der Waals surface area (Å²) in [5.41, 5.74) is 2.46. The topological polar surface area (TPSA) is 49.8 Å². The van der Waals surface area contributed by atoms with Crippen molar-refractivity contribution in [3.8, 4) is 0 Å². The van der Waals surface area contributed by atoms with Gasteiger partial charge in [-0.2, -0.15) is 0 Å². The number of carboxylic acid groups (broad SMARTS) is 1. The number of piperidine rings is 1. The van der Waals surface area contributed by atoms with Crippen LogP contribution in [0.1, 0.15) is 30.4 Å². The van der Waals surface area contributed by atoms with E-state index in [-0.39, 0.29) is 0 Å². The highest BCUT2D eigenvalue weighted by atomic mass is 16.5. The summed E-state index contributed by atoms with van der Waals surface area (Å²) in [5, 5.41) is 8.89. The average Bonchev–Trinajstić information content (AvgIpc) is 2.41. The number of hydrogen-bond donors (Lipinski definition) is 1. The summed E-state index contributed by atoms with van der Waals surface area (Å²) < 4.78 is 5.10. The summed E-state index contributed by atoms with van der Waals surface area (Å²) >= 11 is 0. The molecular formula is C16H23NO3. The maximum atomic E-state index is 10.8. The number of rotatable bonds is 6. The van der Waals surface area contributed by atoms with Crippen molar-refractivity contribution in [3.05, 3.63) is 35.4 Å². The molecule has 0 bridgehead atoms. The van der Waals surface area contributed by atoms with E-state index < -0.39 is 5.97 Å². The first-order chi connectivity index (χ1) is 9.67. The van der Waals surface area contributed by atoms with E-state index >= 15 is 0 Å². The molecule has 1 N–H and O–H groups in total. The van der Waals surface area contributed by atoms with Crippen LogP contribution in [0.5, 0.6) is 0 Å². The van der Waals surface area contributed by atoms with Gasteiger partial charge in [-0.1, -0.05) is 24.3 Å². The summed E-state index contributed by atoms with van der Waals surface area (Å²) in [7, 11) is 1.70. The first-order valence-electron chi connectivity index (χ1n) is 7.18. The molecule has 0 saturated carbocycles. The van der Waals surface area contributed by atoms with Crippen molar-refractivity contribution in [1.82, 2.24) is 4.90 Å². The molecule has 0 aromatic heterocycles. The lowest BCUT2D eigenvalue weighted by molar-refractivity contribution is -0.138. The summed E-state index contributed by atoms with van der Waals surface area (Å²) in [6.45, 7) is 3.51. The SMILES string of the molecule is COCc1ccc(CN2CCCC(CC(=O)O)C2)cc1. The molecule has 1 aliphatic rings. The number of benzene rings is 1. The normalized spacial score (nSPS) is 19.9. The van der Waals surface area contributed by atoms with Crippen LogP contribution in [0.15, 0.2) is 24.3 Å². The quantitative estimate of drug-likeness (QED) is 0.868. The number of ether oxygens (including phenoxy) is 1. The molecule has 2 rings (SSSR count). The number of carboxylic acids is 1. The van der Waals surface area contributed by atoms with Gasteiger partial charge >= 0.3 is 5.97 Å².